The number of piperidine rings is 1. The number of rotatable bonds is 2. The Hall–Kier alpha value is -1.70. The van der Waals surface area contributed by atoms with Gasteiger partial charge in [0.25, 0.3) is 0 Å². The van der Waals surface area contributed by atoms with Gasteiger partial charge in [-0.1, -0.05) is 11.3 Å². The molecule has 104 valence electrons. The molecule has 0 aromatic carbocycles. The Morgan fingerprint density at radius 2 is 2.21 bits per heavy atom. The Labute approximate surface area is 114 Å². The molecule has 2 rings (SSSR count). The van der Waals surface area contributed by atoms with E-state index in [1.165, 1.54) is 16.2 Å². The van der Waals surface area contributed by atoms with Crippen LogP contribution < -0.4 is 5.32 Å². The molecule has 1 unspecified atom stereocenters. The van der Waals surface area contributed by atoms with Crippen LogP contribution in [-0.4, -0.2) is 45.3 Å². The number of amides is 2. The first-order valence-electron chi connectivity index (χ1n) is 6.00. The molecule has 8 heteroatoms. The average molecular weight is 284 g/mol. The molecule has 2 amide bonds. The molecule has 2 N–H and O–H groups in total. The lowest BCUT2D eigenvalue weighted by atomic mass is 9.82. The average Bonchev–Trinajstić information content (AvgIpc) is 2.74. The van der Waals surface area contributed by atoms with Gasteiger partial charge in [-0.2, -0.15) is 0 Å². The summed E-state index contributed by atoms with van der Waals surface area (Å²) in [6.07, 6.45) is 1.27. The first kappa shape index (κ1) is 13.7. The van der Waals surface area contributed by atoms with Crippen LogP contribution in [0.1, 0.15) is 24.8 Å². The van der Waals surface area contributed by atoms with Crippen LogP contribution in [0.2, 0.25) is 0 Å². The Balaban J connectivity index is 2.01. The van der Waals surface area contributed by atoms with E-state index in [1.807, 2.05) is 0 Å². The summed E-state index contributed by atoms with van der Waals surface area (Å²) in [6, 6.07) is -0.316. The van der Waals surface area contributed by atoms with E-state index in [1.54, 1.807) is 13.8 Å². The molecule has 1 saturated heterocycles. The molecule has 0 aliphatic carbocycles. The maximum absolute atomic E-state index is 12.0. The molecule has 1 aromatic rings. The number of anilines is 1. The second-order valence-electron chi connectivity index (χ2n) is 4.95. The summed E-state index contributed by atoms with van der Waals surface area (Å²) in [5.41, 5.74) is -0.868. The van der Waals surface area contributed by atoms with Crippen molar-refractivity contribution < 1.29 is 14.7 Å². The number of aromatic nitrogens is 2. The number of aryl methyl sites for hydroxylation is 1. The molecule has 0 spiro atoms. The van der Waals surface area contributed by atoms with Crippen molar-refractivity contribution in [3.63, 3.8) is 0 Å². The largest absolute Gasteiger partial charge is 0.481 e. The first-order valence-corrected chi connectivity index (χ1v) is 6.82. The zero-order chi connectivity index (χ0) is 14.0. The van der Waals surface area contributed by atoms with Crippen molar-refractivity contribution in [3.05, 3.63) is 5.01 Å². The predicted octanol–water partition coefficient (Wildman–Crippen LogP) is 1.57. The van der Waals surface area contributed by atoms with E-state index < -0.39 is 11.4 Å². The van der Waals surface area contributed by atoms with Crippen molar-refractivity contribution in [2.45, 2.75) is 26.7 Å². The van der Waals surface area contributed by atoms with Crippen LogP contribution in [0.25, 0.3) is 0 Å². The molecular weight excluding hydrogens is 268 g/mol. The topological polar surface area (TPSA) is 95.4 Å². The number of likely N-dealkylation sites (tertiary alicyclic amines) is 1. The van der Waals surface area contributed by atoms with Crippen molar-refractivity contribution >= 4 is 28.5 Å². The molecule has 0 saturated carbocycles. The van der Waals surface area contributed by atoms with Crippen LogP contribution >= 0.6 is 11.3 Å². The molecule has 1 aliphatic heterocycles. The molecule has 2 heterocycles. The van der Waals surface area contributed by atoms with Gasteiger partial charge in [-0.05, 0) is 26.7 Å². The van der Waals surface area contributed by atoms with Crippen molar-refractivity contribution in [3.8, 4) is 0 Å². The summed E-state index contributed by atoms with van der Waals surface area (Å²) >= 11 is 1.29. The van der Waals surface area contributed by atoms with Gasteiger partial charge in [0.15, 0.2) is 0 Å². The van der Waals surface area contributed by atoms with Crippen LogP contribution in [-0.2, 0) is 4.79 Å². The Morgan fingerprint density at radius 3 is 2.79 bits per heavy atom. The standard InChI is InChI=1S/C11H16N4O3S/c1-7-13-14-9(19-7)12-10(18)15-5-3-4-11(2,6-15)8(16)17/h3-6H2,1-2H3,(H,16,17)(H,12,14,18). The highest BCUT2D eigenvalue weighted by Crippen LogP contribution is 2.30. The van der Waals surface area contributed by atoms with Gasteiger partial charge in [-0.25, -0.2) is 4.79 Å². The van der Waals surface area contributed by atoms with E-state index in [0.29, 0.717) is 24.5 Å². The third-order valence-electron chi connectivity index (χ3n) is 3.24. The summed E-state index contributed by atoms with van der Waals surface area (Å²) < 4.78 is 0. The monoisotopic (exact) mass is 284 g/mol. The Bertz CT molecular complexity index is 504. The maximum Gasteiger partial charge on any atom is 0.323 e. The maximum atomic E-state index is 12.0. The summed E-state index contributed by atoms with van der Waals surface area (Å²) in [5.74, 6) is -0.864. The number of carbonyl (C=O) groups excluding carboxylic acids is 1. The van der Waals surface area contributed by atoms with E-state index in [4.69, 9.17) is 0 Å². The number of carboxylic acid groups (broad SMARTS) is 1. The van der Waals surface area contributed by atoms with Crippen molar-refractivity contribution in [2.75, 3.05) is 18.4 Å². The van der Waals surface area contributed by atoms with E-state index >= 15 is 0 Å². The lowest BCUT2D eigenvalue weighted by Crippen LogP contribution is -2.49. The number of carbonyl (C=O) groups is 2. The highest BCUT2D eigenvalue weighted by atomic mass is 32.1. The number of aliphatic carboxylic acids is 1. The lowest BCUT2D eigenvalue weighted by molar-refractivity contribution is -0.150. The molecule has 0 radical (unpaired) electrons. The molecule has 7 nitrogen and oxygen atoms in total. The minimum atomic E-state index is -0.868. The third-order valence-corrected chi connectivity index (χ3v) is 3.99. The van der Waals surface area contributed by atoms with Gasteiger partial charge >= 0.3 is 12.0 Å². The lowest BCUT2D eigenvalue weighted by Gasteiger charge is -2.37. The number of hydrogen-bond acceptors (Lipinski definition) is 5. The van der Waals surface area contributed by atoms with Crippen molar-refractivity contribution in [2.24, 2.45) is 5.41 Å². The fraction of sp³-hybridized carbons (Fsp3) is 0.636. The van der Waals surface area contributed by atoms with E-state index in [2.05, 4.69) is 15.5 Å². The number of nitrogens with one attached hydrogen (secondary N) is 1. The second-order valence-corrected chi connectivity index (χ2v) is 6.13. The SMILES string of the molecule is Cc1nnc(NC(=O)N2CCCC(C)(C(=O)O)C2)s1. The minimum Gasteiger partial charge on any atom is -0.481 e. The third kappa shape index (κ3) is 3.01. The smallest absolute Gasteiger partial charge is 0.323 e. The number of carboxylic acids is 1. The van der Waals surface area contributed by atoms with Crippen molar-refractivity contribution in [1.29, 1.82) is 0 Å². The highest BCUT2D eigenvalue weighted by Gasteiger charge is 2.39. The Kier molecular flexibility index (Phi) is 3.70. The molecule has 1 atom stereocenters. The van der Waals surface area contributed by atoms with Crippen LogP contribution in [0.4, 0.5) is 9.93 Å². The van der Waals surface area contributed by atoms with Crippen LogP contribution in [0.5, 0.6) is 0 Å². The summed E-state index contributed by atoms with van der Waals surface area (Å²) in [7, 11) is 0. The summed E-state index contributed by atoms with van der Waals surface area (Å²) in [6.45, 7) is 4.25. The van der Waals surface area contributed by atoms with Gasteiger partial charge in [0.05, 0.1) is 5.41 Å². The van der Waals surface area contributed by atoms with E-state index in [9.17, 15) is 14.7 Å². The van der Waals surface area contributed by atoms with Crippen LogP contribution in [0, 0.1) is 12.3 Å². The van der Waals surface area contributed by atoms with Crippen LogP contribution in [0.3, 0.4) is 0 Å². The molecule has 1 fully saturated rings. The molecular formula is C11H16N4O3S. The van der Waals surface area contributed by atoms with Gasteiger partial charge in [-0.15, -0.1) is 10.2 Å². The molecule has 0 bridgehead atoms. The number of nitrogens with zero attached hydrogens (tertiary/aromatic N) is 3. The Morgan fingerprint density at radius 1 is 1.47 bits per heavy atom. The first-order chi connectivity index (χ1) is 8.90. The van der Waals surface area contributed by atoms with Gasteiger partial charge in [0, 0.05) is 13.1 Å². The van der Waals surface area contributed by atoms with Gasteiger partial charge in [0.2, 0.25) is 5.13 Å². The predicted molar refractivity (Wildman–Crippen MR) is 70.2 cm³/mol. The van der Waals surface area contributed by atoms with Gasteiger partial charge < -0.3 is 10.0 Å². The van der Waals surface area contributed by atoms with Gasteiger partial charge in [-0.3, -0.25) is 10.1 Å². The molecule has 1 aromatic heterocycles. The second kappa shape index (κ2) is 5.12. The fourth-order valence-corrected chi connectivity index (χ4v) is 2.69. The van der Waals surface area contributed by atoms with Crippen molar-refractivity contribution in [1.82, 2.24) is 15.1 Å². The summed E-state index contributed by atoms with van der Waals surface area (Å²) in [4.78, 5) is 24.8. The van der Waals surface area contributed by atoms with E-state index in [0.717, 1.165) is 5.01 Å². The molecule has 19 heavy (non-hydrogen) atoms. The minimum absolute atomic E-state index is 0.214. The molecule has 1 aliphatic rings. The summed E-state index contributed by atoms with van der Waals surface area (Å²) in [5, 5.41) is 20.7. The van der Waals surface area contributed by atoms with Crippen LogP contribution in [0.15, 0.2) is 0 Å². The van der Waals surface area contributed by atoms with Gasteiger partial charge in [0.1, 0.15) is 5.01 Å². The van der Waals surface area contributed by atoms with E-state index in [-0.39, 0.29) is 12.6 Å². The quantitative estimate of drug-likeness (QED) is 0.859. The zero-order valence-electron chi connectivity index (χ0n) is 10.8. The number of hydrogen-bond donors (Lipinski definition) is 2. The zero-order valence-corrected chi connectivity index (χ0v) is 11.7. The fourth-order valence-electron chi connectivity index (χ4n) is 2.10. The highest BCUT2D eigenvalue weighted by molar-refractivity contribution is 7.15. The normalized spacial score (nSPS) is 23.2. The number of urea groups is 1.